The van der Waals surface area contributed by atoms with Crippen LogP contribution in [-0.4, -0.2) is 34.5 Å². The molecule has 1 aromatic carbocycles. The number of likely N-dealkylation sites (N-methyl/N-ethyl adjacent to an activating group) is 1. The first-order valence-corrected chi connectivity index (χ1v) is 9.81. The molecule has 0 aliphatic rings. The molecule has 0 bridgehead atoms. The number of nitrogens with zero attached hydrogens (tertiary/aromatic N) is 3. The third-order valence-electron chi connectivity index (χ3n) is 4.41. The van der Waals surface area contributed by atoms with Crippen LogP contribution in [0.3, 0.4) is 0 Å². The lowest BCUT2D eigenvalue weighted by Gasteiger charge is -2.18. The van der Waals surface area contributed by atoms with Crippen molar-refractivity contribution in [1.82, 2.24) is 14.5 Å². The Hall–Kier alpha value is -2.31. The van der Waals surface area contributed by atoms with E-state index in [0.29, 0.717) is 17.3 Å². The van der Waals surface area contributed by atoms with E-state index in [1.807, 2.05) is 31.4 Å². The standard InChI is InChI=1S/C20H22ClN3O2S/c1-13-5-6-14(2)24(13)20-22-17(12-27-20)10-19(25)23(3)11-15-9-16(21)7-8-18(15)26-4/h5-9,12H,10-11H2,1-4H3. The maximum Gasteiger partial charge on any atom is 0.228 e. The number of rotatable bonds is 6. The van der Waals surface area contributed by atoms with Gasteiger partial charge in [-0.25, -0.2) is 4.98 Å². The lowest BCUT2D eigenvalue weighted by Crippen LogP contribution is -2.28. The Kier molecular flexibility index (Phi) is 5.87. The van der Waals surface area contributed by atoms with Crippen LogP contribution in [0.1, 0.15) is 22.6 Å². The van der Waals surface area contributed by atoms with Gasteiger partial charge in [0.25, 0.3) is 0 Å². The summed E-state index contributed by atoms with van der Waals surface area (Å²) in [7, 11) is 3.38. The Morgan fingerprint density at radius 1 is 1.26 bits per heavy atom. The highest BCUT2D eigenvalue weighted by molar-refractivity contribution is 7.12. The van der Waals surface area contributed by atoms with E-state index in [0.717, 1.165) is 27.8 Å². The molecule has 3 rings (SSSR count). The third-order valence-corrected chi connectivity index (χ3v) is 5.52. The Labute approximate surface area is 168 Å². The zero-order valence-electron chi connectivity index (χ0n) is 15.8. The molecule has 142 valence electrons. The smallest absolute Gasteiger partial charge is 0.228 e. The second kappa shape index (κ2) is 8.15. The van der Waals surface area contributed by atoms with E-state index in [-0.39, 0.29) is 12.3 Å². The summed E-state index contributed by atoms with van der Waals surface area (Å²) >= 11 is 7.62. The van der Waals surface area contributed by atoms with Crippen LogP contribution < -0.4 is 4.74 Å². The molecular weight excluding hydrogens is 382 g/mol. The number of hydrogen-bond donors (Lipinski definition) is 0. The maximum absolute atomic E-state index is 12.6. The quantitative estimate of drug-likeness (QED) is 0.612. The predicted molar refractivity (Wildman–Crippen MR) is 109 cm³/mol. The first-order chi connectivity index (χ1) is 12.9. The molecule has 0 spiro atoms. The summed E-state index contributed by atoms with van der Waals surface area (Å²) in [6.07, 6.45) is 0.259. The first-order valence-electron chi connectivity index (χ1n) is 8.55. The summed E-state index contributed by atoms with van der Waals surface area (Å²) < 4.78 is 7.45. The molecule has 7 heteroatoms. The molecule has 0 saturated carbocycles. The highest BCUT2D eigenvalue weighted by Gasteiger charge is 2.16. The van der Waals surface area contributed by atoms with Gasteiger partial charge in [-0.15, -0.1) is 11.3 Å². The monoisotopic (exact) mass is 403 g/mol. The highest BCUT2D eigenvalue weighted by Crippen LogP contribution is 2.24. The fourth-order valence-electron chi connectivity index (χ4n) is 2.95. The van der Waals surface area contributed by atoms with Crippen LogP contribution in [0.2, 0.25) is 5.02 Å². The van der Waals surface area contributed by atoms with Gasteiger partial charge < -0.3 is 9.64 Å². The van der Waals surface area contributed by atoms with Crippen molar-refractivity contribution in [2.24, 2.45) is 0 Å². The number of halogens is 1. The van der Waals surface area contributed by atoms with Gasteiger partial charge in [-0.1, -0.05) is 11.6 Å². The van der Waals surface area contributed by atoms with E-state index in [4.69, 9.17) is 16.3 Å². The molecule has 3 aromatic rings. The Morgan fingerprint density at radius 2 is 1.96 bits per heavy atom. The van der Waals surface area contributed by atoms with Gasteiger partial charge in [-0.2, -0.15) is 0 Å². The van der Waals surface area contributed by atoms with Crippen molar-refractivity contribution in [2.75, 3.05) is 14.2 Å². The molecule has 0 unspecified atom stereocenters. The van der Waals surface area contributed by atoms with Gasteiger partial charge in [0.1, 0.15) is 5.75 Å². The highest BCUT2D eigenvalue weighted by atomic mass is 35.5. The molecule has 27 heavy (non-hydrogen) atoms. The molecule has 2 heterocycles. The van der Waals surface area contributed by atoms with Crippen molar-refractivity contribution in [2.45, 2.75) is 26.8 Å². The van der Waals surface area contributed by atoms with E-state index >= 15 is 0 Å². The average molecular weight is 404 g/mol. The second-order valence-electron chi connectivity index (χ2n) is 6.46. The molecule has 2 aromatic heterocycles. The fraction of sp³-hybridized carbons (Fsp3) is 0.300. The lowest BCUT2D eigenvalue weighted by atomic mass is 10.2. The summed E-state index contributed by atoms with van der Waals surface area (Å²) in [5, 5.41) is 3.45. The topological polar surface area (TPSA) is 47.4 Å². The van der Waals surface area contributed by atoms with Crippen molar-refractivity contribution in [1.29, 1.82) is 0 Å². The number of hydrogen-bond acceptors (Lipinski definition) is 4. The van der Waals surface area contributed by atoms with Crippen molar-refractivity contribution in [3.63, 3.8) is 0 Å². The van der Waals surface area contributed by atoms with Crippen LogP contribution in [0.25, 0.3) is 5.13 Å². The number of aromatic nitrogens is 2. The molecule has 5 nitrogen and oxygen atoms in total. The van der Waals surface area contributed by atoms with Crippen molar-refractivity contribution in [3.05, 3.63) is 63.4 Å². The molecular formula is C20H22ClN3O2S. The number of aryl methyl sites for hydroxylation is 2. The van der Waals surface area contributed by atoms with Gasteiger partial charge in [0, 0.05) is 40.9 Å². The van der Waals surface area contributed by atoms with Crippen LogP contribution >= 0.6 is 22.9 Å². The van der Waals surface area contributed by atoms with E-state index < -0.39 is 0 Å². The van der Waals surface area contributed by atoms with E-state index in [9.17, 15) is 4.79 Å². The number of benzene rings is 1. The summed E-state index contributed by atoms with van der Waals surface area (Å²) in [5.74, 6) is 0.711. The van der Waals surface area contributed by atoms with Gasteiger partial charge >= 0.3 is 0 Å². The number of methoxy groups -OCH3 is 1. The first kappa shape index (κ1) is 19.5. The molecule has 0 fully saturated rings. The van der Waals surface area contributed by atoms with Crippen LogP contribution in [0.4, 0.5) is 0 Å². The Bertz CT molecular complexity index is 945. The van der Waals surface area contributed by atoms with Crippen LogP contribution in [0.5, 0.6) is 5.75 Å². The largest absolute Gasteiger partial charge is 0.496 e. The third kappa shape index (κ3) is 4.34. The zero-order chi connectivity index (χ0) is 19.6. The molecule has 0 aliphatic heterocycles. The number of amides is 1. The summed E-state index contributed by atoms with van der Waals surface area (Å²) in [6, 6.07) is 9.53. The summed E-state index contributed by atoms with van der Waals surface area (Å²) in [4.78, 5) is 18.9. The van der Waals surface area contributed by atoms with Crippen molar-refractivity contribution < 1.29 is 9.53 Å². The minimum atomic E-state index is -0.00479. The number of thiazole rings is 1. The van der Waals surface area contributed by atoms with Crippen molar-refractivity contribution in [3.8, 4) is 10.9 Å². The number of ether oxygens (including phenoxy) is 1. The predicted octanol–water partition coefficient (Wildman–Crippen LogP) is 4.41. The van der Waals surface area contributed by atoms with E-state index in [1.54, 1.807) is 36.5 Å². The minimum Gasteiger partial charge on any atom is -0.496 e. The normalized spacial score (nSPS) is 10.9. The molecule has 0 saturated heterocycles. The van der Waals surface area contributed by atoms with Gasteiger partial charge in [-0.3, -0.25) is 9.36 Å². The van der Waals surface area contributed by atoms with Crippen LogP contribution in [-0.2, 0) is 17.8 Å². The molecule has 0 atom stereocenters. The van der Waals surface area contributed by atoms with Crippen LogP contribution in [0.15, 0.2) is 35.7 Å². The van der Waals surface area contributed by atoms with Gasteiger partial charge in [0.2, 0.25) is 5.91 Å². The van der Waals surface area contributed by atoms with E-state index in [1.165, 1.54) is 0 Å². The molecule has 0 radical (unpaired) electrons. The lowest BCUT2D eigenvalue weighted by molar-refractivity contribution is -0.129. The van der Waals surface area contributed by atoms with Crippen molar-refractivity contribution >= 4 is 28.8 Å². The van der Waals surface area contributed by atoms with Crippen LogP contribution in [0, 0.1) is 13.8 Å². The fourth-order valence-corrected chi connectivity index (χ4v) is 4.09. The average Bonchev–Trinajstić information content (AvgIpc) is 3.21. The summed E-state index contributed by atoms with van der Waals surface area (Å²) in [5.41, 5.74) is 3.91. The Balaban J connectivity index is 1.70. The number of carbonyl (C=O) groups is 1. The SMILES string of the molecule is COc1ccc(Cl)cc1CN(C)C(=O)Cc1csc(-n2c(C)ccc2C)n1. The zero-order valence-corrected chi connectivity index (χ0v) is 17.4. The maximum atomic E-state index is 12.6. The Morgan fingerprint density at radius 3 is 2.63 bits per heavy atom. The molecule has 0 N–H and O–H groups in total. The summed E-state index contributed by atoms with van der Waals surface area (Å²) in [6.45, 7) is 4.52. The second-order valence-corrected chi connectivity index (χ2v) is 7.73. The minimum absolute atomic E-state index is 0.00479. The van der Waals surface area contributed by atoms with Gasteiger partial charge in [0.05, 0.1) is 19.2 Å². The molecule has 1 amide bonds. The molecule has 0 aliphatic carbocycles. The van der Waals surface area contributed by atoms with E-state index in [2.05, 4.69) is 21.7 Å². The van der Waals surface area contributed by atoms with Gasteiger partial charge in [0.15, 0.2) is 5.13 Å². The number of carbonyl (C=O) groups excluding carboxylic acids is 1. The van der Waals surface area contributed by atoms with Gasteiger partial charge in [-0.05, 0) is 44.2 Å².